The van der Waals surface area contributed by atoms with Crippen LogP contribution in [0.15, 0.2) is 52.2 Å². The largest absolute Gasteiger partial charge is 0.325 e. The highest BCUT2D eigenvalue weighted by Crippen LogP contribution is 2.29. The standard InChI is InChI=1S/C20H14ClN5O4S3/c21-11-1-3-12(4-2-11)22-18(28)10-32-20-23-13(9-31-20)7-17(27)25-19-24-15-6-5-14(26(29)30)8-16(15)33-19/h1-6,8-9H,7,10H2,(H,22,28)(H,24,25,27). The molecule has 2 aromatic carbocycles. The summed E-state index contributed by atoms with van der Waals surface area (Å²) in [5.41, 5.74) is 1.78. The van der Waals surface area contributed by atoms with Crippen LogP contribution in [0.2, 0.25) is 5.02 Å². The van der Waals surface area contributed by atoms with Gasteiger partial charge in [-0.15, -0.1) is 11.3 Å². The number of benzene rings is 2. The second-order valence-electron chi connectivity index (χ2n) is 6.60. The summed E-state index contributed by atoms with van der Waals surface area (Å²) >= 11 is 9.63. The number of carbonyl (C=O) groups is 2. The number of thioether (sulfide) groups is 1. The van der Waals surface area contributed by atoms with Crippen molar-refractivity contribution in [1.82, 2.24) is 9.97 Å². The molecule has 0 bridgehead atoms. The zero-order valence-corrected chi connectivity index (χ0v) is 19.8. The van der Waals surface area contributed by atoms with Gasteiger partial charge in [-0.25, -0.2) is 9.97 Å². The molecule has 0 unspecified atom stereocenters. The number of aromatic nitrogens is 2. The lowest BCUT2D eigenvalue weighted by Gasteiger charge is -2.04. The van der Waals surface area contributed by atoms with Crippen LogP contribution < -0.4 is 10.6 Å². The Bertz CT molecular complexity index is 1340. The molecule has 0 radical (unpaired) electrons. The first-order valence-electron chi connectivity index (χ1n) is 9.33. The minimum Gasteiger partial charge on any atom is -0.325 e. The van der Waals surface area contributed by atoms with E-state index < -0.39 is 4.92 Å². The van der Waals surface area contributed by atoms with E-state index in [0.29, 0.717) is 36.1 Å². The Kier molecular flexibility index (Phi) is 7.18. The first-order chi connectivity index (χ1) is 15.9. The van der Waals surface area contributed by atoms with E-state index in [2.05, 4.69) is 20.6 Å². The van der Waals surface area contributed by atoms with Crippen molar-refractivity contribution in [3.8, 4) is 0 Å². The third-order valence-corrected chi connectivity index (χ3v) is 7.41. The number of halogens is 1. The number of nitro benzene ring substituents is 1. The van der Waals surface area contributed by atoms with E-state index in [1.165, 1.54) is 35.2 Å². The number of hydrogen-bond acceptors (Lipinski definition) is 9. The fourth-order valence-corrected chi connectivity index (χ4v) is 5.39. The second kappa shape index (κ2) is 10.3. The van der Waals surface area contributed by atoms with Crippen LogP contribution in [0.5, 0.6) is 0 Å². The van der Waals surface area contributed by atoms with Gasteiger partial charge in [0.1, 0.15) is 0 Å². The van der Waals surface area contributed by atoms with Gasteiger partial charge >= 0.3 is 0 Å². The number of anilines is 2. The lowest BCUT2D eigenvalue weighted by atomic mass is 10.3. The van der Waals surface area contributed by atoms with Gasteiger partial charge in [0.05, 0.1) is 33.0 Å². The number of carbonyl (C=O) groups excluding carboxylic acids is 2. The van der Waals surface area contributed by atoms with Crippen molar-refractivity contribution in [3.63, 3.8) is 0 Å². The van der Waals surface area contributed by atoms with Crippen LogP contribution in [-0.4, -0.2) is 32.5 Å². The molecule has 0 fully saturated rings. The summed E-state index contributed by atoms with van der Waals surface area (Å²) in [4.78, 5) is 43.6. The Morgan fingerprint density at radius 2 is 1.88 bits per heavy atom. The third-order valence-electron chi connectivity index (χ3n) is 4.16. The summed E-state index contributed by atoms with van der Waals surface area (Å²) < 4.78 is 1.29. The Balaban J connectivity index is 1.28. The number of nitro groups is 1. The molecule has 4 rings (SSSR count). The van der Waals surface area contributed by atoms with E-state index in [4.69, 9.17) is 11.6 Å². The molecular weight excluding hydrogens is 506 g/mol. The molecule has 0 aliphatic heterocycles. The number of thiazole rings is 2. The van der Waals surface area contributed by atoms with E-state index in [0.717, 1.165) is 11.3 Å². The molecule has 2 N–H and O–H groups in total. The number of nitrogens with one attached hydrogen (secondary N) is 2. The molecule has 0 spiro atoms. The summed E-state index contributed by atoms with van der Waals surface area (Å²) in [6.45, 7) is 0. The SMILES string of the molecule is O=C(CSc1nc(CC(=O)Nc2nc3ccc([N+](=O)[O-])cc3s2)cs1)Nc1ccc(Cl)cc1. The topological polar surface area (TPSA) is 127 Å². The molecule has 33 heavy (non-hydrogen) atoms. The molecule has 9 nitrogen and oxygen atoms in total. The van der Waals surface area contributed by atoms with Gasteiger partial charge < -0.3 is 10.6 Å². The lowest BCUT2D eigenvalue weighted by molar-refractivity contribution is -0.384. The van der Waals surface area contributed by atoms with Crippen molar-refractivity contribution in [2.24, 2.45) is 0 Å². The summed E-state index contributed by atoms with van der Waals surface area (Å²) in [6, 6.07) is 11.2. The zero-order chi connectivity index (χ0) is 23.4. The molecule has 168 valence electrons. The Morgan fingerprint density at radius 1 is 1.09 bits per heavy atom. The molecule has 0 aliphatic carbocycles. The molecular formula is C20H14ClN5O4S3. The van der Waals surface area contributed by atoms with Crippen molar-refractivity contribution in [3.05, 3.63) is 68.7 Å². The average Bonchev–Trinajstić information content (AvgIpc) is 3.39. The third kappa shape index (κ3) is 6.26. The smallest absolute Gasteiger partial charge is 0.270 e. The van der Waals surface area contributed by atoms with Gasteiger partial charge in [-0.05, 0) is 30.3 Å². The van der Waals surface area contributed by atoms with Gasteiger partial charge in [-0.3, -0.25) is 19.7 Å². The molecule has 2 heterocycles. The molecule has 0 atom stereocenters. The highest BCUT2D eigenvalue weighted by molar-refractivity contribution is 8.01. The summed E-state index contributed by atoms with van der Waals surface area (Å²) in [7, 11) is 0. The van der Waals surface area contributed by atoms with Gasteiger partial charge in [0.15, 0.2) is 9.47 Å². The molecule has 2 amide bonds. The van der Waals surface area contributed by atoms with E-state index in [-0.39, 0.29) is 29.7 Å². The second-order valence-corrected chi connectivity index (χ2v) is 10.1. The average molecular weight is 520 g/mol. The van der Waals surface area contributed by atoms with E-state index in [1.807, 2.05) is 0 Å². The van der Waals surface area contributed by atoms with Crippen molar-refractivity contribution < 1.29 is 14.5 Å². The van der Waals surface area contributed by atoms with Gasteiger partial charge in [-0.1, -0.05) is 34.7 Å². The van der Waals surface area contributed by atoms with Crippen LogP contribution in [0, 0.1) is 10.1 Å². The Morgan fingerprint density at radius 3 is 2.64 bits per heavy atom. The number of nitrogens with zero attached hydrogens (tertiary/aromatic N) is 3. The maximum absolute atomic E-state index is 12.4. The lowest BCUT2D eigenvalue weighted by Crippen LogP contribution is -2.14. The minimum atomic E-state index is -0.476. The zero-order valence-electron chi connectivity index (χ0n) is 16.6. The van der Waals surface area contributed by atoms with Crippen LogP contribution in [0.3, 0.4) is 0 Å². The fourth-order valence-electron chi connectivity index (χ4n) is 2.70. The normalized spacial score (nSPS) is 10.8. The number of non-ortho nitro benzene ring substituents is 1. The summed E-state index contributed by atoms with van der Waals surface area (Å²) in [5.74, 6) is -0.293. The molecule has 0 aliphatic rings. The number of rotatable bonds is 8. The highest BCUT2D eigenvalue weighted by Gasteiger charge is 2.14. The number of hydrogen-bond donors (Lipinski definition) is 2. The predicted octanol–water partition coefficient (Wildman–Crippen LogP) is 5.23. The molecule has 0 saturated carbocycles. The van der Waals surface area contributed by atoms with Gasteiger partial charge in [0, 0.05) is 28.2 Å². The first kappa shape index (κ1) is 23.1. The monoisotopic (exact) mass is 519 g/mol. The van der Waals surface area contributed by atoms with Gasteiger partial charge in [0.2, 0.25) is 11.8 Å². The van der Waals surface area contributed by atoms with Gasteiger partial charge in [0.25, 0.3) is 5.69 Å². The highest BCUT2D eigenvalue weighted by atomic mass is 35.5. The number of fused-ring (bicyclic) bond motifs is 1. The summed E-state index contributed by atoms with van der Waals surface area (Å²) in [5, 5.41) is 19.1. The number of amides is 2. The predicted molar refractivity (Wildman–Crippen MR) is 132 cm³/mol. The fraction of sp³-hybridized carbons (Fsp3) is 0.100. The van der Waals surface area contributed by atoms with Crippen molar-refractivity contribution in [1.29, 1.82) is 0 Å². The summed E-state index contributed by atoms with van der Waals surface area (Å²) in [6.07, 6.45) is 0.0457. The quantitative estimate of drug-likeness (QED) is 0.185. The van der Waals surface area contributed by atoms with Crippen LogP contribution in [0.4, 0.5) is 16.5 Å². The van der Waals surface area contributed by atoms with Crippen molar-refractivity contribution >= 4 is 84.6 Å². The van der Waals surface area contributed by atoms with E-state index in [1.54, 1.807) is 35.7 Å². The minimum absolute atomic E-state index is 0.0293. The van der Waals surface area contributed by atoms with E-state index >= 15 is 0 Å². The van der Waals surface area contributed by atoms with Crippen molar-refractivity contribution in [2.75, 3.05) is 16.4 Å². The van der Waals surface area contributed by atoms with Crippen LogP contribution in [0.1, 0.15) is 5.69 Å². The molecule has 2 aromatic heterocycles. The molecule has 4 aromatic rings. The van der Waals surface area contributed by atoms with Crippen LogP contribution in [0.25, 0.3) is 10.2 Å². The molecule has 13 heteroatoms. The van der Waals surface area contributed by atoms with Crippen LogP contribution >= 0.6 is 46.0 Å². The first-order valence-corrected chi connectivity index (χ1v) is 12.4. The maximum Gasteiger partial charge on any atom is 0.270 e. The van der Waals surface area contributed by atoms with Gasteiger partial charge in [-0.2, -0.15) is 0 Å². The maximum atomic E-state index is 12.4. The van der Waals surface area contributed by atoms with E-state index in [9.17, 15) is 19.7 Å². The van der Waals surface area contributed by atoms with Crippen molar-refractivity contribution in [2.45, 2.75) is 10.8 Å². The van der Waals surface area contributed by atoms with Crippen LogP contribution in [-0.2, 0) is 16.0 Å². The molecule has 0 saturated heterocycles. The Labute approximate surface area is 204 Å². The Hall–Kier alpha value is -3.06.